The minimum Gasteiger partial charge on any atom is -0.354 e. The number of rotatable bonds is 13. The smallest absolute Gasteiger partial charge is 0.354 e. The van der Waals surface area contributed by atoms with E-state index in [1.54, 1.807) is 13.0 Å². The topological polar surface area (TPSA) is 86.8 Å². The molecule has 0 aliphatic carbocycles. The first kappa shape index (κ1) is 31.7. The maximum Gasteiger partial charge on any atom is 0.416 e. The second-order valence-corrected chi connectivity index (χ2v) is 11.3. The zero-order valence-electron chi connectivity index (χ0n) is 23.0. The molecule has 0 spiro atoms. The molecule has 3 aromatic carbocycles. The van der Waals surface area contributed by atoms with Gasteiger partial charge in [-0.2, -0.15) is 13.2 Å². The van der Waals surface area contributed by atoms with Crippen LogP contribution >= 0.6 is 0 Å². The number of carbonyl (C=O) groups is 2. The van der Waals surface area contributed by atoms with Gasteiger partial charge in [0.2, 0.25) is 11.8 Å². The lowest BCUT2D eigenvalue weighted by Gasteiger charge is -2.33. The number of anilines is 1. The molecule has 2 amide bonds. The van der Waals surface area contributed by atoms with Crippen LogP contribution in [-0.2, 0) is 32.2 Å². The number of halogens is 3. The lowest BCUT2D eigenvalue weighted by molar-refractivity contribution is -0.139. The van der Waals surface area contributed by atoms with E-state index in [-0.39, 0.29) is 29.5 Å². The fourth-order valence-corrected chi connectivity index (χ4v) is 5.77. The van der Waals surface area contributed by atoms with Gasteiger partial charge in [-0.3, -0.25) is 13.9 Å². The number of nitrogens with zero attached hydrogens (tertiary/aromatic N) is 2. The van der Waals surface area contributed by atoms with Crippen molar-refractivity contribution < 1.29 is 31.2 Å². The molecule has 0 bridgehead atoms. The molecule has 7 nitrogen and oxygen atoms in total. The Kier molecular flexibility index (Phi) is 10.9. The summed E-state index contributed by atoms with van der Waals surface area (Å²) >= 11 is 0. The van der Waals surface area contributed by atoms with Gasteiger partial charge in [0, 0.05) is 13.1 Å². The van der Waals surface area contributed by atoms with E-state index in [4.69, 9.17) is 0 Å². The van der Waals surface area contributed by atoms with Crippen LogP contribution in [0.3, 0.4) is 0 Å². The molecule has 0 saturated carbocycles. The van der Waals surface area contributed by atoms with Crippen LogP contribution in [0.5, 0.6) is 0 Å². The van der Waals surface area contributed by atoms with Crippen molar-refractivity contribution in [3.05, 3.63) is 96.1 Å². The maximum atomic E-state index is 13.9. The van der Waals surface area contributed by atoms with Gasteiger partial charge in [0.1, 0.15) is 12.6 Å². The number of benzene rings is 3. The molecule has 41 heavy (non-hydrogen) atoms. The molecule has 11 heteroatoms. The van der Waals surface area contributed by atoms with Gasteiger partial charge in [0.15, 0.2) is 0 Å². The molecule has 0 aromatic heterocycles. The maximum absolute atomic E-state index is 13.9. The van der Waals surface area contributed by atoms with Crippen LogP contribution in [0.1, 0.15) is 37.8 Å². The summed E-state index contributed by atoms with van der Waals surface area (Å²) in [7, 11) is -4.46. The fourth-order valence-electron chi connectivity index (χ4n) is 4.35. The number of amides is 2. The molecule has 0 aliphatic rings. The monoisotopic (exact) mass is 589 g/mol. The van der Waals surface area contributed by atoms with Gasteiger partial charge in [-0.05, 0) is 55.2 Å². The normalized spacial score (nSPS) is 12.4. The summed E-state index contributed by atoms with van der Waals surface area (Å²) in [4.78, 5) is 28.1. The number of hydrogen-bond acceptors (Lipinski definition) is 4. The molecule has 1 atom stereocenters. The van der Waals surface area contributed by atoms with Gasteiger partial charge in [-0.15, -0.1) is 0 Å². The number of hydrogen-bond donors (Lipinski definition) is 1. The van der Waals surface area contributed by atoms with Crippen molar-refractivity contribution in [3.63, 3.8) is 0 Å². The molecule has 220 valence electrons. The molecule has 0 aliphatic heterocycles. The van der Waals surface area contributed by atoms with Crippen LogP contribution < -0.4 is 9.62 Å². The third-order valence-electron chi connectivity index (χ3n) is 6.49. The summed E-state index contributed by atoms with van der Waals surface area (Å²) in [6, 6.07) is 19.4. The van der Waals surface area contributed by atoms with E-state index >= 15 is 0 Å². The first-order chi connectivity index (χ1) is 19.5. The van der Waals surface area contributed by atoms with Crippen LogP contribution in [0.25, 0.3) is 0 Å². The highest BCUT2D eigenvalue weighted by molar-refractivity contribution is 7.92. The van der Waals surface area contributed by atoms with Crippen molar-refractivity contribution in [1.29, 1.82) is 0 Å². The summed E-state index contributed by atoms with van der Waals surface area (Å²) in [6.07, 6.45) is -3.41. The van der Waals surface area contributed by atoms with Crippen molar-refractivity contribution in [2.24, 2.45) is 0 Å². The highest BCUT2D eigenvalue weighted by atomic mass is 32.2. The Hall–Kier alpha value is -3.86. The van der Waals surface area contributed by atoms with Gasteiger partial charge < -0.3 is 10.2 Å². The summed E-state index contributed by atoms with van der Waals surface area (Å²) in [6.45, 7) is 3.33. The highest BCUT2D eigenvalue weighted by Gasteiger charge is 2.35. The predicted octanol–water partition coefficient (Wildman–Crippen LogP) is 5.28. The van der Waals surface area contributed by atoms with Gasteiger partial charge >= 0.3 is 6.18 Å². The Balaban J connectivity index is 2.05. The summed E-state index contributed by atoms with van der Waals surface area (Å²) in [5.74, 6) is -1.09. The minimum atomic E-state index is -4.73. The number of alkyl halides is 3. The highest BCUT2D eigenvalue weighted by Crippen LogP contribution is 2.33. The molecule has 3 aromatic rings. The van der Waals surface area contributed by atoms with Crippen molar-refractivity contribution in [2.75, 3.05) is 23.9 Å². The Morgan fingerprint density at radius 1 is 0.902 bits per heavy atom. The van der Waals surface area contributed by atoms with Crippen LogP contribution in [0.15, 0.2) is 89.8 Å². The van der Waals surface area contributed by atoms with E-state index in [0.717, 1.165) is 17.7 Å². The molecule has 0 heterocycles. The lowest BCUT2D eigenvalue weighted by Crippen LogP contribution is -2.53. The van der Waals surface area contributed by atoms with E-state index in [1.165, 1.54) is 35.2 Å². The van der Waals surface area contributed by atoms with E-state index in [0.29, 0.717) is 29.8 Å². The molecule has 0 fully saturated rings. The van der Waals surface area contributed by atoms with Crippen LogP contribution in [0.2, 0.25) is 0 Å². The molecular weight excluding hydrogens is 555 g/mol. The van der Waals surface area contributed by atoms with Gasteiger partial charge in [0.05, 0.1) is 16.1 Å². The number of nitrogens with one attached hydrogen (secondary N) is 1. The van der Waals surface area contributed by atoms with Crippen LogP contribution in [0, 0.1) is 0 Å². The molecule has 3 rings (SSSR count). The average Bonchev–Trinajstić information content (AvgIpc) is 2.97. The standard InChI is InChI=1S/C30H34F3N3O4S/c1-3-19-34-29(38)27(4-2)35(20-18-23-12-7-5-8-13-23)28(37)22-36(41(39,40)26-16-9-6-10-17-26)25-15-11-14-24(21-25)30(31,32)33/h5-17,21,27H,3-4,18-20,22H2,1-2H3,(H,34,38)/t27-/m0/s1. The van der Waals surface area contributed by atoms with E-state index in [1.807, 2.05) is 37.3 Å². The second-order valence-electron chi connectivity index (χ2n) is 9.41. The zero-order chi connectivity index (χ0) is 30.0. The first-order valence-electron chi connectivity index (χ1n) is 13.3. The van der Waals surface area contributed by atoms with Crippen molar-refractivity contribution >= 4 is 27.5 Å². The third kappa shape index (κ3) is 8.32. The lowest BCUT2D eigenvalue weighted by atomic mass is 10.1. The zero-order valence-corrected chi connectivity index (χ0v) is 23.8. The Bertz CT molecular complexity index is 1400. The predicted molar refractivity (Wildman–Crippen MR) is 152 cm³/mol. The van der Waals surface area contributed by atoms with Gasteiger partial charge in [0.25, 0.3) is 10.0 Å². The molecule has 0 radical (unpaired) electrons. The van der Waals surface area contributed by atoms with E-state index in [9.17, 15) is 31.2 Å². The van der Waals surface area contributed by atoms with Gasteiger partial charge in [-0.1, -0.05) is 68.4 Å². The average molecular weight is 590 g/mol. The summed E-state index contributed by atoms with van der Waals surface area (Å²) in [5, 5.41) is 2.79. The van der Waals surface area contributed by atoms with Crippen molar-refractivity contribution in [1.82, 2.24) is 10.2 Å². The van der Waals surface area contributed by atoms with Crippen molar-refractivity contribution in [3.8, 4) is 0 Å². The Morgan fingerprint density at radius 3 is 2.12 bits per heavy atom. The minimum absolute atomic E-state index is 0.0999. The van der Waals surface area contributed by atoms with Crippen LogP contribution in [-0.4, -0.2) is 50.8 Å². The van der Waals surface area contributed by atoms with Crippen molar-refractivity contribution in [2.45, 2.75) is 50.2 Å². The van der Waals surface area contributed by atoms with E-state index < -0.39 is 40.3 Å². The first-order valence-corrected chi connectivity index (χ1v) is 14.8. The van der Waals surface area contributed by atoms with Gasteiger partial charge in [-0.25, -0.2) is 8.42 Å². The largest absolute Gasteiger partial charge is 0.416 e. The molecule has 0 saturated heterocycles. The van der Waals surface area contributed by atoms with E-state index in [2.05, 4.69) is 5.32 Å². The van der Waals surface area contributed by atoms with Crippen LogP contribution in [0.4, 0.5) is 18.9 Å². The summed E-state index contributed by atoms with van der Waals surface area (Å²) < 4.78 is 68.8. The Labute approximate surface area is 239 Å². The molecule has 1 N–H and O–H groups in total. The number of sulfonamides is 1. The number of carbonyl (C=O) groups excluding carboxylic acids is 2. The SMILES string of the molecule is CCCNC(=O)[C@H](CC)N(CCc1ccccc1)C(=O)CN(c1cccc(C(F)(F)F)c1)S(=O)(=O)c1ccccc1. The second kappa shape index (κ2) is 14.2. The Morgan fingerprint density at radius 2 is 1.54 bits per heavy atom. The summed E-state index contributed by atoms with van der Waals surface area (Å²) in [5.41, 5.74) is -0.466. The quantitative estimate of drug-likeness (QED) is 0.294. The fraction of sp³-hybridized carbons (Fsp3) is 0.333. The third-order valence-corrected chi connectivity index (χ3v) is 8.28. The molecule has 0 unspecified atom stereocenters. The molecular formula is C30H34F3N3O4S.